The van der Waals surface area contributed by atoms with Gasteiger partial charge < -0.3 is 20.2 Å². The number of carboxylic acid groups (broad SMARTS) is 1. The smallest absolute Gasteiger partial charge is 0.337 e. The number of phenols is 2. The molecular formula is C15H13NO5. The van der Waals surface area contributed by atoms with E-state index in [0.717, 1.165) is 6.07 Å². The summed E-state index contributed by atoms with van der Waals surface area (Å²) >= 11 is 0. The number of para-hydroxylation sites is 1. The van der Waals surface area contributed by atoms with E-state index < -0.39 is 17.6 Å². The molecule has 0 radical (unpaired) electrons. The number of hydrogen-bond acceptors (Lipinski definition) is 4. The van der Waals surface area contributed by atoms with E-state index in [9.17, 15) is 19.8 Å². The van der Waals surface area contributed by atoms with Crippen LogP contribution in [0.1, 0.15) is 20.7 Å². The van der Waals surface area contributed by atoms with Crippen LogP contribution in [0.3, 0.4) is 0 Å². The number of aromatic carboxylic acids is 1. The monoisotopic (exact) mass is 287 g/mol. The number of phenolic OH excluding ortho intramolecular Hbond substituents is 2. The fourth-order valence-corrected chi connectivity index (χ4v) is 1.91. The lowest BCUT2D eigenvalue weighted by atomic mass is 10.1. The molecule has 0 aliphatic carbocycles. The zero-order valence-corrected chi connectivity index (χ0v) is 11.1. The van der Waals surface area contributed by atoms with E-state index in [2.05, 4.69) is 0 Å². The Kier molecular flexibility index (Phi) is 3.80. The van der Waals surface area contributed by atoms with E-state index in [1.807, 2.05) is 0 Å². The quantitative estimate of drug-likeness (QED) is 0.751. The Hall–Kier alpha value is -3.02. The summed E-state index contributed by atoms with van der Waals surface area (Å²) < 4.78 is 0. The van der Waals surface area contributed by atoms with Crippen LogP contribution in [-0.2, 0) is 0 Å². The zero-order valence-electron chi connectivity index (χ0n) is 11.1. The Bertz CT molecular complexity index is 711. The van der Waals surface area contributed by atoms with Crippen molar-refractivity contribution in [3.63, 3.8) is 0 Å². The second kappa shape index (κ2) is 5.54. The second-order valence-corrected chi connectivity index (χ2v) is 4.39. The average Bonchev–Trinajstić information content (AvgIpc) is 2.48. The Labute approximate surface area is 120 Å². The number of aromatic hydroxyl groups is 2. The number of carbonyl (C=O) groups excluding carboxylic acids is 1. The van der Waals surface area contributed by atoms with Crippen molar-refractivity contribution in [3.8, 4) is 11.5 Å². The molecule has 0 aliphatic heterocycles. The van der Waals surface area contributed by atoms with E-state index in [1.54, 1.807) is 12.1 Å². The molecule has 6 nitrogen and oxygen atoms in total. The van der Waals surface area contributed by atoms with Crippen molar-refractivity contribution in [2.75, 3.05) is 11.9 Å². The van der Waals surface area contributed by atoms with Gasteiger partial charge in [-0.2, -0.15) is 0 Å². The molecule has 0 fully saturated rings. The van der Waals surface area contributed by atoms with Crippen molar-refractivity contribution in [1.82, 2.24) is 0 Å². The Morgan fingerprint density at radius 1 is 1.00 bits per heavy atom. The van der Waals surface area contributed by atoms with Gasteiger partial charge >= 0.3 is 5.97 Å². The predicted octanol–water partition coefficient (Wildman–Crippen LogP) is 2.07. The maximum atomic E-state index is 12.3. The standard InChI is InChI=1S/C15H13NO5/c1-16(11-5-3-2-4-10(11)15(20)21)14(19)9-6-7-12(17)13(18)8-9/h2-8,17-18H,1H3,(H,20,21). The van der Waals surface area contributed by atoms with E-state index in [4.69, 9.17) is 5.11 Å². The van der Waals surface area contributed by atoms with Crippen LogP contribution in [0.5, 0.6) is 11.5 Å². The van der Waals surface area contributed by atoms with Gasteiger partial charge in [-0.3, -0.25) is 4.79 Å². The van der Waals surface area contributed by atoms with Gasteiger partial charge in [-0.15, -0.1) is 0 Å². The van der Waals surface area contributed by atoms with Crippen molar-refractivity contribution in [2.24, 2.45) is 0 Å². The van der Waals surface area contributed by atoms with Gasteiger partial charge in [0, 0.05) is 12.6 Å². The first-order valence-corrected chi connectivity index (χ1v) is 6.04. The summed E-state index contributed by atoms with van der Waals surface area (Å²) in [4.78, 5) is 24.7. The summed E-state index contributed by atoms with van der Waals surface area (Å²) in [7, 11) is 1.44. The van der Waals surface area contributed by atoms with Crippen molar-refractivity contribution in [2.45, 2.75) is 0 Å². The molecule has 3 N–H and O–H groups in total. The van der Waals surface area contributed by atoms with Crippen LogP contribution in [0.2, 0.25) is 0 Å². The highest BCUT2D eigenvalue weighted by molar-refractivity contribution is 6.09. The van der Waals surface area contributed by atoms with Gasteiger partial charge in [0.2, 0.25) is 0 Å². The zero-order chi connectivity index (χ0) is 15.6. The third kappa shape index (κ3) is 2.79. The minimum absolute atomic E-state index is 0.00338. The first kappa shape index (κ1) is 14.4. The number of hydrogen-bond donors (Lipinski definition) is 3. The molecule has 2 aromatic carbocycles. The molecule has 0 unspecified atom stereocenters. The number of carbonyl (C=O) groups is 2. The van der Waals surface area contributed by atoms with E-state index in [0.29, 0.717) is 0 Å². The highest BCUT2D eigenvalue weighted by Crippen LogP contribution is 2.27. The van der Waals surface area contributed by atoms with Crippen LogP contribution in [0.25, 0.3) is 0 Å². The highest BCUT2D eigenvalue weighted by atomic mass is 16.4. The number of nitrogens with zero attached hydrogens (tertiary/aromatic N) is 1. The van der Waals surface area contributed by atoms with Gasteiger partial charge in [0.05, 0.1) is 11.3 Å². The normalized spacial score (nSPS) is 10.1. The van der Waals surface area contributed by atoms with Crippen molar-refractivity contribution in [1.29, 1.82) is 0 Å². The van der Waals surface area contributed by atoms with Gasteiger partial charge in [-0.1, -0.05) is 12.1 Å². The summed E-state index contributed by atoms with van der Waals surface area (Å²) in [5.74, 6) is -2.39. The second-order valence-electron chi connectivity index (χ2n) is 4.39. The molecule has 6 heteroatoms. The number of anilines is 1. The predicted molar refractivity (Wildman–Crippen MR) is 75.9 cm³/mol. The molecule has 2 aromatic rings. The summed E-state index contributed by atoms with van der Waals surface area (Å²) in [6, 6.07) is 9.77. The fourth-order valence-electron chi connectivity index (χ4n) is 1.91. The van der Waals surface area contributed by atoms with Crippen LogP contribution in [0, 0.1) is 0 Å². The van der Waals surface area contributed by atoms with Gasteiger partial charge in [-0.25, -0.2) is 4.79 Å². The van der Waals surface area contributed by atoms with Gasteiger partial charge in [0.25, 0.3) is 5.91 Å². The maximum absolute atomic E-state index is 12.3. The molecular weight excluding hydrogens is 274 g/mol. The average molecular weight is 287 g/mol. The van der Waals surface area contributed by atoms with Crippen molar-refractivity contribution in [3.05, 3.63) is 53.6 Å². The first-order chi connectivity index (χ1) is 9.91. The lowest BCUT2D eigenvalue weighted by Crippen LogP contribution is -2.27. The molecule has 0 heterocycles. The number of amides is 1. The molecule has 21 heavy (non-hydrogen) atoms. The molecule has 0 bridgehead atoms. The first-order valence-electron chi connectivity index (χ1n) is 6.04. The topological polar surface area (TPSA) is 98.1 Å². The van der Waals surface area contributed by atoms with Crippen LogP contribution >= 0.6 is 0 Å². The summed E-state index contributed by atoms with van der Waals surface area (Å²) in [5.41, 5.74) is 0.368. The molecule has 0 aliphatic rings. The fraction of sp³-hybridized carbons (Fsp3) is 0.0667. The van der Waals surface area contributed by atoms with Gasteiger partial charge in [-0.05, 0) is 30.3 Å². The maximum Gasteiger partial charge on any atom is 0.337 e. The van der Waals surface area contributed by atoms with Crippen molar-refractivity contribution < 1.29 is 24.9 Å². The molecule has 2 rings (SSSR count). The van der Waals surface area contributed by atoms with E-state index >= 15 is 0 Å². The molecule has 1 amide bonds. The third-order valence-corrected chi connectivity index (χ3v) is 3.02. The van der Waals surface area contributed by atoms with E-state index in [-0.39, 0.29) is 22.6 Å². The summed E-state index contributed by atoms with van der Waals surface area (Å²) in [6.07, 6.45) is 0. The van der Waals surface area contributed by atoms with Crippen molar-refractivity contribution >= 4 is 17.6 Å². The molecule has 0 saturated heterocycles. The molecule has 108 valence electrons. The Morgan fingerprint density at radius 2 is 1.67 bits per heavy atom. The lowest BCUT2D eigenvalue weighted by molar-refractivity contribution is 0.0697. The Morgan fingerprint density at radius 3 is 2.29 bits per heavy atom. The molecule has 0 aromatic heterocycles. The lowest BCUT2D eigenvalue weighted by Gasteiger charge is -2.19. The summed E-state index contributed by atoms with van der Waals surface area (Å²) in [6.45, 7) is 0. The third-order valence-electron chi connectivity index (χ3n) is 3.02. The van der Waals surface area contributed by atoms with Crippen LogP contribution in [-0.4, -0.2) is 34.2 Å². The minimum Gasteiger partial charge on any atom is -0.504 e. The Balaban J connectivity index is 2.40. The summed E-state index contributed by atoms with van der Waals surface area (Å²) in [5, 5.41) is 27.8. The van der Waals surface area contributed by atoms with E-state index in [1.165, 1.54) is 36.2 Å². The number of carboxylic acids is 1. The number of benzene rings is 2. The largest absolute Gasteiger partial charge is 0.504 e. The van der Waals surface area contributed by atoms with Gasteiger partial charge in [0.15, 0.2) is 11.5 Å². The SMILES string of the molecule is CN(C(=O)c1ccc(O)c(O)c1)c1ccccc1C(=O)O. The molecule has 0 spiro atoms. The van der Waals surface area contributed by atoms with Crippen LogP contribution in [0.15, 0.2) is 42.5 Å². The van der Waals surface area contributed by atoms with Gasteiger partial charge in [0.1, 0.15) is 0 Å². The molecule has 0 atom stereocenters. The number of rotatable bonds is 3. The highest BCUT2D eigenvalue weighted by Gasteiger charge is 2.19. The minimum atomic E-state index is -1.14. The van der Waals surface area contributed by atoms with Crippen LogP contribution < -0.4 is 4.90 Å². The van der Waals surface area contributed by atoms with Crippen LogP contribution in [0.4, 0.5) is 5.69 Å². The molecule has 0 saturated carbocycles.